The highest BCUT2D eigenvalue weighted by molar-refractivity contribution is 7.47. The van der Waals surface area contributed by atoms with Crippen molar-refractivity contribution in [1.29, 1.82) is 0 Å². The molecule has 0 fully saturated rings. The van der Waals surface area contributed by atoms with Gasteiger partial charge in [0.1, 0.15) is 19.3 Å². The normalized spacial score (nSPS) is 14.8. The molecule has 0 aliphatic rings. The number of phosphoric acid groups is 2. The summed E-state index contributed by atoms with van der Waals surface area (Å²) in [5.41, 5.74) is 0. The summed E-state index contributed by atoms with van der Waals surface area (Å²) in [6, 6.07) is 0. The lowest BCUT2D eigenvalue weighted by Gasteiger charge is -2.21. The Morgan fingerprint density at radius 2 is 0.481 bits per heavy atom. The second kappa shape index (κ2) is 79.0. The van der Waals surface area contributed by atoms with Crippen LogP contribution in [0, 0.1) is 0 Å². The molecule has 3 N–H and O–H groups in total. The molecule has 0 aliphatic carbocycles. The molecular weight excluding hydrogens is 1400 g/mol. The number of aliphatic hydroxyl groups excluding tert-OH is 1. The summed E-state index contributed by atoms with van der Waals surface area (Å²) in [4.78, 5) is 73.1. The van der Waals surface area contributed by atoms with Gasteiger partial charge in [0.15, 0.2) is 12.2 Å². The van der Waals surface area contributed by atoms with Gasteiger partial charge in [0.2, 0.25) is 0 Å². The van der Waals surface area contributed by atoms with E-state index in [-0.39, 0.29) is 25.7 Å². The summed E-state index contributed by atoms with van der Waals surface area (Å²) in [5.74, 6) is -2.33. The number of esters is 4. The van der Waals surface area contributed by atoms with Crippen molar-refractivity contribution < 1.29 is 80.2 Å². The van der Waals surface area contributed by atoms with Crippen LogP contribution in [0.25, 0.3) is 0 Å². The molecule has 0 radical (unpaired) electrons. The molecule has 0 bridgehead atoms. The Labute approximate surface area is 653 Å². The zero-order valence-electron chi connectivity index (χ0n) is 66.7. The van der Waals surface area contributed by atoms with Crippen molar-refractivity contribution in [3.8, 4) is 0 Å². The largest absolute Gasteiger partial charge is 0.472 e. The van der Waals surface area contributed by atoms with E-state index in [0.717, 1.165) is 180 Å². The van der Waals surface area contributed by atoms with Gasteiger partial charge >= 0.3 is 39.5 Å². The topological polar surface area (TPSA) is 237 Å². The minimum atomic E-state index is -5.01. The Morgan fingerprint density at radius 1 is 0.269 bits per heavy atom. The molecule has 0 aromatic carbocycles. The fourth-order valence-corrected chi connectivity index (χ4v) is 11.5. The number of hydrogen-bond donors (Lipinski definition) is 3. The molecule has 19 heteroatoms. The highest BCUT2D eigenvalue weighted by Gasteiger charge is 2.30. The number of aliphatic hydroxyl groups is 1. The molecule has 0 rings (SSSR count). The molecule has 0 spiro atoms. The SMILES string of the molecule is CC/C=C\C/C=C\C/C=C\C/C=C\C/C=C\CCCCCC(=O)OCC(COP(=O)(O)OCC(O)COP(=O)(O)OCC(COC(=O)CCCCC/C=C\C/C=C\C/C=C\C/C=C\C/C=C\CC)OC(=O)CCCCCCC/C=C\C/C=C\CCCCC)OC(=O)CCCC/C=C\C/C=C\C/C=C\C/C=C\CC. The van der Waals surface area contributed by atoms with Gasteiger partial charge in [-0.05, 0) is 186 Å². The third-order valence-corrected chi connectivity index (χ3v) is 17.9. The van der Waals surface area contributed by atoms with Crippen LogP contribution in [0.5, 0.6) is 0 Å². The molecule has 5 unspecified atom stereocenters. The third kappa shape index (κ3) is 78.0. The highest BCUT2D eigenvalue weighted by Crippen LogP contribution is 2.45. The Bertz CT molecular complexity index is 2810. The Kier molecular flexibility index (Phi) is 74.5. The minimum absolute atomic E-state index is 0.0261. The molecule has 108 heavy (non-hydrogen) atoms. The van der Waals surface area contributed by atoms with Crippen LogP contribution in [-0.4, -0.2) is 96.7 Å². The average molecular weight is 1550 g/mol. The fraction of sp³-hybridized carbons (Fsp3) is 0.596. The quantitative estimate of drug-likeness (QED) is 0.0169. The molecule has 5 atom stereocenters. The molecule has 0 saturated heterocycles. The van der Waals surface area contributed by atoms with E-state index in [0.29, 0.717) is 32.1 Å². The monoisotopic (exact) mass is 1540 g/mol. The van der Waals surface area contributed by atoms with E-state index in [1.165, 1.54) is 19.3 Å². The van der Waals surface area contributed by atoms with Crippen molar-refractivity contribution in [2.75, 3.05) is 39.6 Å². The van der Waals surface area contributed by atoms with E-state index < -0.39 is 97.5 Å². The number of phosphoric ester groups is 2. The summed E-state index contributed by atoms with van der Waals surface area (Å²) >= 11 is 0. The lowest BCUT2D eigenvalue weighted by Crippen LogP contribution is -2.30. The van der Waals surface area contributed by atoms with Gasteiger partial charge in [-0.2, -0.15) is 0 Å². The van der Waals surface area contributed by atoms with Crippen molar-refractivity contribution >= 4 is 39.5 Å². The zero-order valence-corrected chi connectivity index (χ0v) is 68.5. The number of allylic oxidation sites excluding steroid dienone is 32. The lowest BCUT2D eigenvalue weighted by molar-refractivity contribution is -0.161. The zero-order chi connectivity index (χ0) is 78.9. The molecule has 0 amide bonds. The van der Waals surface area contributed by atoms with E-state index in [1.54, 1.807) is 0 Å². The molecule has 17 nitrogen and oxygen atoms in total. The van der Waals surface area contributed by atoms with E-state index in [9.17, 15) is 43.2 Å². The second-order valence-corrected chi connectivity index (χ2v) is 29.1. The highest BCUT2D eigenvalue weighted by atomic mass is 31.2. The van der Waals surface area contributed by atoms with Crippen LogP contribution in [0.15, 0.2) is 194 Å². The van der Waals surface area contributed by atoms with Crippen molar-refractivity contribution in [2.24, 2.45) is 0 Å². The first-order chi connectivity index (χ1) is 52.7. The van der Waals surface area contributed by atoms with Crippen LogP contribution < -0.4 is 0 Å². The molecule has 610 valence electrons. The van der Waals surface area contributed by atoms with Gasteiger partial charge in [-0.25, -0.2) is 9.13 Å². The van der Waals surface area contributed by atoms with Gasteiger partial charge in [-0.15, -0.1) is 0 Å². The smallest absolute Gasteiger partial charge is 0.462 e. The van der Waals surface area contributed by atoms with Gasteiger partial charge in [-0.1, -0.05) is 267 Å². The number of unbranched alkanes of at least 4 members (excludes halogenated alkanes) is 16. The molecule has 0 saturated carbocycles. The number of carbonyl (C=O) groups excluding carboxylic acids is 4. The molecule has 0 aromatic rings. The van der Waals surface area contributed by atoms with Crippen LogP contribution in [0.1, 0.15) is 285 Å². The third-order valence-electron chi connectivity index (χ3n) is 16.0. The van der Waals surface area contributed by atoms with Crippen molar-refractivity contribution in [3.05, 3.63) is 194 Å². The van der Waals surface area contributed by atoms with Crippen LogP contribution in [0.4, 0.5) is 0 Å². The first kappa shape index (κ1) is 102. The predicted molar refractivity (Wildman–Crippen MR) is 445 cm³/mol. The summed E-state index contributed by atoms with van der Waals surface area (Å²) < 4.78 is 68.6. The van der Waals surface area contributed by atoms with Crippen LogP contribution in [0.3, 0.4) is 0 Å². The van der Waals surface area contributed by atoms with Gasteiger partial charge < -0.3 is 33.8 Å². The number of hydrogen-bond acceptors (Lipinski definition) is 15. The molecule has 0 aromatic heterocycles. The summed E-state index contributed by atoms with van der Waals surface area (Å²) in [7, 11) is -10.0. The van der Waals surface area contributed by atoms with E-state index in [1.807, 2.05) is 0 Å². The van der Waals surface area contributed by atoms with Crippen LogP contribution >= 0.6 is 15.6 Å². The van der Waals surface area contributed by atoms with Gasteiger partial charge in [-0.3, -0.25) is 37.3 Å². The Hall–Kier alpha value is -6.10. The summed E-state index contributed by atoms with van der Waals surface area (Å²) in [5, 5.41) is 10.7. The second-order valence-electron chi connectivity index (χ2n) is 26.2. The maximum absolute atomic E-state index is 13.1. The average Bonchev–Trinajstić information content (AvgIpc) is 0.923. The number of ether oxygens (including phenoxy) is 4. The van der Waals surface area contributed by atoms with Gasteiger partial charge in [0.25, 0.3) is 0 Å². The standard InChI is InChI=1S/C89H142O17P2/c1-5-9-13-17-21-25-29-33-37-39-41-43-47-49-53-57-61-65-69-73-86(91)99-79-84(105-88(93)75-71-67-63-59-55-51-45-35-31-27-23-19-15-11-7-3)81-103-107(95,96)101-77-83(90)78-102-108(97,98)104-82-85(106-89(94)76-72-68-64-60-56-52-46-36-32-28-24-20-16-12-8-4)80-100-87(92)74-70-66-62-58-54-50-48-44-42-40-38-34-30-26-22-18-14-10-6-2/h9-11,13-15,21-28,33-38,41-46,49-50,53-55,59,83-85,90H,5-8,12,16-20,29-32,39-40,47-48,51-52,56-58,60-82H2,1-4H3,(H,95,96)(H,97,98)/b13-9-,14-10-,15-11-,25-21-,26-22-,27-23-,28-24-,37-33-,38-34-,43-41-,44-42-,45-35-,46-36-,53-49-,54-50-,59-55-. The maximum atomic E-state index is 13.1. The lowest BCUT2D eigenvalue weighted by atomic mass is 10.1. The van der Waals surface area contributed by atoms with Gasteiger partial charge in [0, 0.05) is 25.7 Å². The first-order valence-electron chi connectivity index (χ1n) is 40.7. The van der Waals surface area contributed by atoms with E-state index >= 15 is 0 Å². The van der Waals surface area contributed by atoms with Crippen molar-refractivity contribution in [1.82, 2.24) is 0 Å². The van der Waals surface area contributed by atoms with Crippen LogP contribution in [-0.2, 0) is 65.4 Å². The number of carbonyl (C=O) groups is 4. The summed E-state index contributed by atoms with van der Waals surface area (Å²) in [6.07, 6.45) is 96.9. The molecule has 0 aliphatic heterocycles. The summed E-state index contributed by atoms with van der Waals surface area (Å²) in [6.45, 7) is 4.34. The predicted octanol–water partition coefficient (Wildman–Crippen LogP) is 24.1. The first-order valence-corrected chi connectivity index (χ1v) is 43.7. The van der Waals surface area contributed by atoms with E-state index in [2.05, 4.69) is 222 Å². The van der Waals surface area contributed by atoms with E-state index in [4.69, 9.17) is 37.0 Å². The minimum Gasteiger partial charge on any atom is -0.462 e. The van der Waals surface area contributed by atoms with Crippen LogP contribution in [0.2, 0.25) is 0 Å². The van der Waals surface area contributed by atoms with Gasteiger partial charge in [0.05, 0.1) is 26.4 Å². The Balaban J connectivity index is 5.49. The molecule has 0 heterocycles. The number of rotatable bonds is 74. The Morgan fingerprint density at radius 3 is 0.769 bits per heavy atom. The fourth-order valence-electron chi connectivity index (χ4n) is 9.94. The van der Waals surface area contributed by atoms with Crippen molar-refractivity contribution in [3.63, 3.8) is 0 Å². The van der Waals surface area contributed by atoms with Crippen molar-refractivity contribution in [2.45, 2.75) is 303 Å². The maximum Gasteiger partial charge on any atom is 0.472 e. The molecular formula is C89H142O17P2.